The van der Waals surface area contributed by atoms with Crippen molar-refractivity contribution in [2.75, 3.05) is 14.1 Å². The molecule has 4 heteroatoms. The van der Waals surface area contributed by atoms with E-state index in [1.807, 2.05) is 25.1 Å². The van der Waals surface area contributed by atoms with Crippen molar-refractivity contribution in [2.24, 2.45) is 0 Å². The molecule has 2 nitrogen and oxygen atoms in total. The molecule has 0 fully saturated rings. The van der Waals surface area contributed by atoms with Crippen molar-refractivity contribution in [1.29, 1.82) is 0 Å². The first-order chi connectivity index (χ1) is 6.02. The van der Waals surface area contributed by atoms with Gasteiger partial charge >= 0.3 is 0 Å². The molecule has 0 aliphatic heterocycles. The molecule has 1 atom stereocenters. The van der Waals surface area contributed by atoms with E-state index in [0.717, 1.165) is 14.9 Å². The number of benzene rings is 1. The molecule has 1 rings (SSSR count). The summed E-state index contributed by atoms with van der Waals surface area (Å²) in [5.74, 6) is 0. The monoisotopic (exact) mass is 261 g/mol. The van der Waals surface area contributed by atoms with Crippen molar-refractivity contribution in [2.45, 2.75) is 11.8 Å². The van der Waals surface area contributed by atoms with Gasteiger partial charge in [-0.05, 0) is 44.8 Å². The Morgan fingerprint density at radius 3 is 2.46 bits per heavy atom. The molecule has 0 amide bonds. The molecule has 0 radical (unpaired) electrons. The lowest BCUT2D eigenvalue weighted by atomic mass is 10.2. The molecule has 0 heterocycles. The number of nitrogens with zero attached hydrogens (tertiary/aromatic N) is 1. The number of rotatable bonds is 2. The molecule has 0 aliphatic carbocycles. The smallest absolute Gasteiger partial charge is 0.127 e. The Kier molecular flexibility index (Phi) is 3.64. The minimum atomic E-state index is -1.04. The average molecular weight is 262 g/mol. The van der Waals surface area contributed by atoms with E-state index in [-0.39, 0.29) is 0 Å². The molecule has 0 saturated heterocycles. The molecule has 0 spiro atoms. The zero-order chi connectivity index (χ0) is 10.0. The second kappa shape index (κ2) is 4.35. The second-order valence-electron chi connectivity index (χ2n) is 2.97. The van der Waals surface area contributed by atoms with Gasteiger partial charge in [-0.3, -0.25) is 0 Å². The molecule has 0 bridgehead atoms. The highest BCUT2D eigenvalue weighted by atomic mass is 79.9. The van der Waals surface area contributed by atoms with Gasteiger partial charge in [0, 0.05) is 4.47 Å². The maximum atomic E-state index is 11.6. The molecular formula is C9H12BrNOS. The van der Waals surface area contributed by atoms with Crippen LogP contribution in [0.25, 0.3) is 0 Å². The van der Waals surface area contributed by atoms with Crippen LogP contribution in [0.5, 0.6) is 0 Å². The number of aryl methyl sites for hydroxylation is 1. The van der Waals surface area contributed by atoms with Crippen molar-refractivity contribution >= 4 is 26.9 Å². The fourth-order valence-electron chi connectivity index (χ4n) is 0.937. The zero-order valence-corrected chi connectivity index (χ0v) is 10.3. The molecule has 13 heavy (non-hydrogen) atoms. The predicted octanol–water partition coefficient (Wildman–Crippen LogP) is 2.34. The molecule has 0 aromatic heterocycles. The molecule has 0 aliphatic rings. The highest BCUT2D eigenvalue weighted by molar-refractivity contribution is 9.10. The van der Waals surface area contributed by atoms with Gasteiger partial charge in [0.05, 0.1) is 4.90 Å². The van der Waals surface area contributed by atoms with Crippen LogP contribution in [-0.2, 0) is 11.0 Å². The fraction of sp³-hybridized carbons (Fsp3) is 0.333. The van der Waals surface area contributed by atoms with E-state index in [4.69, 9.17) is 0 Å². The Hall–Kier alpha value is -0.190. The van der Waals surface area contributed by atoms with E-state index in [1.165, 1.54) is 0 Å². The van der Waals surface area contributed by atoms with Crippen LogP contribution in [0.2, 0.25) is 0 Å². The van der Waals surface area contributed by atoms with E-state index < -0.39 is 11.0 Å². The van der Waals surface area contributed by atoms with Crippen molar-refractivity contribution in [1.82, 2.24) is 4.31 Å². The summed E-state index contributed by atoms with van der Waals surface area (Å²) in [5.41, 5.74) is 1.10. The molecule has 1 unspecified atom stereocenters. The molecule has 1 aromatic rings. The summed E-state index contributed by atoms with van der Waals surface area (Å²) in [4.78, 5) is 0.839. The summed E-state index contributed by atoms with van der Waals surface area (Å²) in [7, 11) is 2.56. The fourth-order valence-corrected chi connectivity index (χ4v) is 2.07. The van der Waals surface area contributed by atoms with Gasteiger partial charge in [-0.1, -0.05) is 15.9 Å². The minimum Gasteiger partial charge on any atom is -0.237 e. The Balaban J connectivity index is 3.04. The van der Waals surface area contributed by atoms with Crippen LogP contribution in [0.1, 0.15) is 5.56 Å². The van der Waals surface area contributed by atoms with Gasteiger partial charge in [0.25, 0.3) is 0 Å². The molecule has 0 saturated carbocycles. The third kappa shape index (κ3) is 2.62. The van der Waals surface area contributed by atoms with E-state index in [2.05, 4.69) is 15.9 Å². The van der Waals surface area contributed by atoms with E-state index >= 15 is 0 Å². The van der Waals surface area contributed by atoms with E-state index in [9.17, 15) is 4.21 Å². The maximum Gasteiger partial charge on any atom is 0.127 e. The van der Waals surface area contributed by atoms with Gasteiger partial charge in [-0.25, -0.2) is 8.51 Å². The summed E-state index contributed by atoms with van der Waals surface area (Å²) in [6.07, 6.45) is 0. The summed E-state index contributed by atoms with van der Waals surface area (Å²) >= 11 is 3.40. The topological polar surface area (TPSA) is 20.3 Å². The Morgan fingerprint density at radius 1 is 1.38 bits per heavy atom. The lowest BCUT2D eigenvalue weighted by Gasteiger charge is -2.09. The van der Waals surface area contributed by atoms with Gasteiger partial charge in [-0.2, -0.15) is 0 Å². The first kappa shape index (κ1) is 10.9. The molecule has 0 N–H and O–H groups in total. The molecule has 72 valence electrons. The summed E-state index contributed by atoms with van der Waals surface area (Å²) in [5, 5.41) is 0. The first-order valence-electron chi connectivity index (χ1n) is 3.87. The summed E-state index contributed by atoms with van der Waals surface area (Å²) in [6.45, 7) is 1.99. The largest absolute Gasteiger partial charge is 0.237 e. The van der Waals surface area contributed by atoms with E-state index in [0.29, 0.717) is 0 Å². The first-order valence-corrected chi connectivity index (χ1v) is 5.77. The number of hydrogen-bond acceptors (Lipinski definition) is 1. The van der Waals surface area contributed by atoms with Crippen LogP contribution >= 0.6 is 15.9 Å². The quantitative estimate of drug-likeness (QED) is 0.801. The number of hydrogen-bond donors (Lipinski definition) is 0. The maximum absolute atomic E-state index is 11.6. The summed E-state index contributed by atoms with van der Waals surface area (Å²) in [6, 6.07) is 5.72. The average Bonchev–Trinajstić information content (AvgIpc) is 2.08. The van der Waals surface area contributed by atoms with Crippen molar-refractivity contribution in [3.05, 3.63) is 28.2 Å². The summed E-state index contributed by atoms with van der Waals surface area (Å²) < 4.78 is 14.4. The second-order valence-corrected chi connectivity index (χ2v) is 5.53. The van der Waals surface area contributed by atoms with Crippen molar-refractivity contribution in [3.8, 4) is 0 Å². The Morgan fingerprint density at radius 2 is 2.00 bits per heavy atom. The van der Waals surface area contributed by atoms with Crippen molar-refractivity contribution in [3.63, 3.8) is 0 Å². The van der Waals surface area contributed by atoms with Crippen LogP contribution in [0.15, 0.2) is 27.6 Å². The van der Waals surface area contributed by atoms with Gasteiger partial charge in [0.15, 0.2) is 0 Å². The third-order valence-corrected chi connectivity index (χ3v) is 3.87. The van der Waals surface area contributed by atoms with E-state index in [1.54, 1.807) is 18.4 Å². The standard InChI is InChI=1S/C9H12BrNOS/c1-7-6-8(4-5-9(7)10)13(12)11(2)3/h4-6H,1-3H3. The minimum absolute atomic E-state index is 0.839. The van der Waals surface area contributed by atoms with Crippen LogP contribution in [-0.4, -0.2) is 22.6 Å². The van der Waals surface area contributed by atoms with Crippen LogP contribution in [0, 0.1) is 6.92 Å². The normalized spacial score (nSPS) is 13.3. The Labute approximate surface area is 89.7 Å². The lowest BCUT2D eigenvalue weighted by Crippen LogP contribution is -2.15. The van der Waals surface area contributed by atoms with Gasteiger partial charge in [-0.15, -0.1) is 0 Å². The van der Waals surface area contributed by atoms with Gasteiger partial charge in [0.1, 0.15) is 11.0 Å². The van der Waals surface area contributed by atoms with Crippen LogP contribution < -0.4 is 0 Å². The number of halogens is 1. The third-order valence-electron chi connectivity index (χ3n) is 1.66. The zero-order valence-electron chi connectivity index (χ0n) is 7.87. The molecular weight excluding hydrogens is 250 g/mol. The van der Waals surface area contributed by atoms with Gasteiger partial charge in [0.2, 0.25) is 0 Å². The van der Waals surface area contributed by atoms with Gasteiger partial charge < -0.3 is 0 Å². The highest BCUT2D eigenvalue weighted by Crippen LogP contribution is 2.19. The van der Waals surface area contributed by atoms with Crippen molar-refractivity contribution < 1.29 is 4.21 Å². The lowest BCUT2D eigenvalue weighted by molar-refractivity contribution is 0.602. The van der Waals surface area contributed by atoms with Crippen LogP contribution in [0.3, 0.4) is 0 Å². The molecule has 1 aromatic carbocycles. The predicted molar refractivity (Wildman–Crippen MR) is 59.0 cm³/mol. The van der Waals surface area contributed by atoms with Crippen LogP contribution in [0.4, 0.5) is 0 Å². The Bertz CT molecular complexity index is 338. The SMILES string of the molecule is Cc1cc(S(=O)N(C)C)ccc1Br. The highest BCUT2D eigenvalue weighted by Gasteiger charge is 2.06.